The first-order chi connectivity index (χ1) is 9.42. The normalized spacial score (nSPS) is 13.6. The molecule has 0 saturated carbocycles. The second kappa shape index (κ2) is 6.12. The SMILES string of the molecule is CCNC(CS(C)(=O)=O)c1ccc(Cl)c2ccccc12. The molecule has 0 amide bonds. The molecule has 1 unspecified atom stereocenters. The van der Waals surface area contributed by atoms with Crippen LogP contribution < -0.4 is 5.32 Å². The van der Waals surface area contributed by atoms with E-state index in [1.165, 1.54) is 6.26 Å². The maximum Gasteiger partial charge on any atom is 0.149 e. The fourth-order valence-electron chi connectivity index (χ4n) is 2.40. The lowest BCUT2D eigenvalue weighted by atomic mass is 9.99. The largest absolute Gasteiger partial charge is 0.309 e. The van der Waals surface area contributed by atoms with Gasteiger partial charge in [-0.1, -0.05) is 48.9 Å². The second-order valence-corrected chi connectivity index (χ2v) is 7.48. The van der Waals surface area contributed by atoms with Gasteiger partial charge >= 0.3 is 0 Å². The van der Waals surface area contributed by atoms with Crippen molar-refractivity contribution < 1.29 is 8.42 Å². The zero-order valence-electron chi connectivity index (χ0n) is 11.6. The Morgan fingerprint density at radius 1 is 1.15 bits per heavy atom. The van der Waals surface area contributed by atoms with Gasteiger partial charge < -0.3 is 5.32 Å². The van der Waals surface area contributed by atoms with E-state index in [1.54, 1.807) is 0 Å². The molecular weight excluding hydrogens is 294 g/mol. The summed E-state index contributed by atoms with van der Waals surface area (Å²) in [6.07, 6.45) is 1.26. The molecule has 0 aliphatic heterocycles. The highest BCUT2D eigenvalue weighted by Gasteiger charge is 2.19. The predicted octanol–water partition coefficient (Wildman–Crippen LogP) is 3.19. The minimum absolute atomic E-state index is 0.0759. The van der Waals surface area contributed by atoms with Gasteiger partial charge in [0.2, 0.25) is 0 Å². The average molecular weight is 312 g/mol. The van der Waals surface area contributed by atoms with Crippen molar-refractivity contribution >= 4 is 32.2 Å². The second-order valence-electron chi connectivity index (χ2n) is 4.88. The minimum atomic E-state index is -3.07. The number of fused-ring (bicyclic) bond motifs is 1. The molecule has 5 heteroatoms. The van der Waals surface area contributed by atoms with Gasteiger partial charge in [-0.2, -0.15) is 0 Å². The monoisotopic (exact) mass is 311 g/mol. The first kappa shape index (κ1) is 15.3. The van der Waals surface area contributed by atoms with Gasteiger partial charge in [-0.25, -0.2) is 8.42 Å². The van der Waals surface area contributed by atoms with Crippen LogP contribution in [0.4, 0.5) is 0 Å². The van der Waals surface area contributed by atoms with Crippen LogP contribution in [0.3, 0.4) is 0 Å². The van der Waals surface area contributed by atoms with Crippen LogP contribution in [-0.2, 0) is 9.84 Å². The third-order valence-corrected chi connectivity index (χ3v) is 4.47. The van der Waals surface area contributed by atoms with Gasteiger partial charge in [0.25, 0.3) is 0 Å². The predicted molar refractivity (Wildman–Crippen MR) is 85.1 cm³/mol. The molecule has 0 bridgehead atoms. The smallest absolute Gasteiger partial charge is 0.149 e. The van der Waals surface area contributed by atoms with Crippen molar-refractivity contribution in [1.82, 2.24) is 5.32 Å². The molecule has 3 nitrogen and oxygen atoms in total. The molecule has 0 saturated heterocycles. The van der Waals surface area contributed by atoms with Crippen LogP contribution in [-0.4, -0.2) is 27.0 Å². The van der Waals surface area contributed by atoms with Crippen molar-refractivity contribution in [1.29, 1.82) is 0 Å². The van der Waals surface area contributed by atoms with Gasteiger partial charge in [0.1, 0.15) is 9.84 Å². The van der Waals surface area contributed by atoms with Crippen molar-refractivity contribution in [3.05, 3.63) is 47.0 Å². The zero-order valence-corrected chi connectivity index (χ0v) is 13.1. The van der Waals surface area contributed by atoms with Crippen LogP contribution in [0.1, 0.15) is 18.5 Å². The van der Waals surface area contributed by atoms with Crippen molar-refractivity contribution in [2.24, 2.45) is 0 Å². The summed E-state index contributed by atoms with van der Waals surface area (Å²) in [6, 6.07) is 11.3. The van der Waals surface area contributed by atoms with E-state index in [4.69, 9.17) is 11.6 Å². The number of halogens is 1. The molecule has 1 atom stereocenters. The quantitative estimate of drug-likeness (QED) is 0.922. The lowest BCUT2D eigenvalue weighted by Gasteiger charge is -2.20. The molecule has 0 aliphatic rings. The van der Waals surface area contributed by atoms with E-state index in [9.17, 15) is 8.42 Å². The summed E-state index contributed by atoms with van der Waals surface area (Å²) in [5, 5.41) is 5.87. The van der Waals surface area contributed by atoms with Crippen LogP contribution >= 0.6 is 11.6 Å². The Bertz CT molecular complexity index is 713. The molecule has 0 spiro atoms. The maximum atomic E-state index is 11.6. The van der Waals surface area contributed by atoms with Crippen molar-refractivity contribution in [2.75, 3.05) is 18.6 Å². The number of hydrogen-bond donors (Lipinski definition) is 1. The maximum absolute atomic E-state index is 11.6. The van der Waals surface area contributed by atoms with Crippen LogP contribution in [0, 0.1) is 0 Å². The van der Waals surface area contributed by atoms with E-state index in [0.29, 0.717) is 11.6 Å². The Balaban J connectivity index is 2.56. The Labute approximate surface area is 124 Å². The number of rotatable bonds is 5. The summed E-state index contributed by atoms with van der Waals surface area (Å²) < 4.78 is 23.3. The van der Waals surface area contributed by atoms with E-state index in [0.717, 1.165) is 16.3 Å². The van der Waals surface area contributed by atoms with Crippen LogP contribution in [0.2, 0.25) is 5.02 Å². The fourth-order valence-corrected chi connectivity index (χ4v) is 3.53. The average Bonchev–Trinajstić information content (AvgIpc) is 2.37. The highest BCUT2D eigenvalue weighted by Crippen LogP contribution is 2.30. The molecule has 0 fully saturated rings. The molecule has 0 aliphatic carbocycles. The molecule has 108 valence electrons. The van der Waals surface area contributed by atoms with Gasteiger partial charge in [0.15, 0.2) is 0 Å². The summed E-state index contributed by atoms with van der Waals surface area (Å²) in [6.45, 7) is 2.67. The van der Waals surface area contributed by atoms with Gasteiger partial charge in [0.05, 0.1) is 5.75 Å². The summed E-state index contributed by atoms with van der Waals surface area (Å²) >= 11 is 6.21. The third kappa shape index (κ3) is 3.51. The Kier molecular flexibility index (Phi) is 4.68. The summed E-state index contributed by atoms with van der Waals surface area (Å²) in [4.78, 5) is 0. The lowest BCUT2D eigenvalue weighted by molar-refractivity contribution is 0.565. The first-order valence-electron chi connectivity index (χ1n) is 6.50. The Morgan fingerprint density at radius 3 is 2.40 bits per heavy atom. The summed E-state index contributed by atoms with van der Waals surface area (Å²) in [7, 11) is -3.07. The highest BCUT2D eigenvalue weighted by atomic mass is 35.5. The van der Waals surface area contributed by atoms with Crippen molar-refractivity contribution in [3.63, 3.8) is 0 Å². The molecule has 0 heterocycles. The van der Waals surface area contributed by atoms with Gasteiger partial charge in [-0.05, 0) is 23.6 Å². The molecule has 2 aromatic carbocycles. The molecule has 2 rings (SSSR count). The molecule has 20 heavy (non-hydrogen) atoms. The number of nitrogens with one attached hydrogen (secondary N) is 1. The fraction of sp³-hybridized carbons (Fsp3) is 0.333. The van der Waals surface area contributed by atoms with Gasteiger partial charge in [0, 0.05) is 22.7 Å². The first-order valence-corrected chi connectivity index (χ1v) is 8.94. The van der Waals surface area contributed by atoms with E-state index < -0.39 is 9.84 Å². The standard InChI is InChI=1S/C15H18ClNO2S/c1-3-17-15(10-20(2,18)19)13-8-9-14(16)12-7-5-4-6-11(12)13/h4-9,15,17H,3,10H2,1-2H3. The lowest BCUT2D eigenvalue weighted by Crippen LogP contribution is -2.27. The number of benzene rings is 2. The third-order valence-electron chi connectivity index (χ3n) is 3.20. The van der Waals surface area contributed by atoms with Crippen LogP contribution in [0.25, 0.3) is 10.8 Å². The van der Waals surface area contributed by atoms with Crippen LogP contribution in [0.5, 0.6) is 0 Å². The summed E-state index contributed by atoms with van der Waals surface area (Å²) in [5.41, 5.74) is 0.970. The molecule has 0 aromatic heterocycles. The van der Waals surface area contributed by atoms with E-state index in [2.05, 4.69) is 5.32 Å². The van der Waals surface area contributed by atoms with Crippen LogP contribution in [0.15, 0.2) is 36.4 Å². The van der Waals surface area contributed by atoms with E-state index in [1.807, 2.05) is 43.3 Å². The van der Waals surface area contributed by atoms with E-state index in [-0.39, 0.29) is 11.8 Å². The molecule has 1 N–H and O–H groups in total. The Hall–Kier alpha value is -1.10. The van der Waals surface area contributed by atoms with Gasteiger partial charge in [-0.15, -0.1) is 0 Å². The molecular formula is C15H18ClNO2S. The number of sulfone groups is 1. The minimum Gasteiger partial charge on any atom is -0.309 e. The Morgan fingerprint density at radius 2 is 1.80 bits per heavy atom. The van der Waals surface area contributed by atoms with Crippen molar-refractivity contribution in [3.8, 4) is 0 Å². The number of hydrogen-bond acceptors (Lipinski definition) is 3. The van der Waals surface area contributed by atoms with E-state index >= 15 is 0 Å². The topological polar surface area (TPSA) is 46.2 Å². The van der Waals surface area contributed by atoms with Crippen molar-refractivity contribution in [2.45, 2.75) is 13.0 Å². The highest BCUT2D eigenvalue weighted by molar-refractivity contribution is 7.90. The van der Waals surface area contributed by atoms with Gasteiger partial charge in [-0.3, -0.25) is 0 Å². The molecule has 0 radical (unpaired) electrons. The molecule has 2 aromatic rings. The summed E-state index contributed by atoms with van der Waals surface area (Å²) in [5.74, 6) is 0.0759. The zero-order chi connectivity index (χ0) is 14.8.